The van der Waals surface area contributed by atoms with Gasteiger partial charge in [-0.25, -0.2) is 0 Å². The topological polar surface area (TPSA) is 86.6 Å². The highest BCUT2D eigenvalue weighted by molar-refractivity contribution is 5.46. The summed E-state index contributed by atoms with van der Waals surface area (Å²) < 4.78 is 27.9. The average molecular weight is 388 g/mol. The van der Waals surface area contributed by atoms with Crippen LogP contribution < -0.4 is 18.9 Å². The lowest BCUT2D eigenvalue weighted by atomic mass is 9.83. The summed E-state index contributed by atoms with van der Waals surface area (Å²) >= 11 is 0. The van der Waals surface area contributed by atoms with E-state index in [4.69, 9.17) is 23.7 Å². The van der Waals surface area contributed by atoms with Gasteiger partial charge >= 0.3 is 0 Å². The zero-order chi connectivity index (χ0) is 19.7. The smallest absolute Gasteiger partial charge is 0.231 e. The summed E-state index contributed by atoms with van der Waals surface area (Å²) in [5.74, 6) is 2.04. The van der Waals surface area contributed by atoms with Crippen molar-refractivity contribution >= 4 is 0 Å². The number of aliphatic hydroxyl groups is 2. The van der Waals surface area contributed by atoms with Gasteiger partial charge in [-0.3, -0.25) is 0 Å². The molecule has 2 N–H and O–H groups in total. The van der Waals surface area contributed by atoms with E-state index in [0.717, 1.165) is 11.1 Å². The number of hydrogen-bond donors (Lipinski definition) is 2. The lowest BCUT2D eigenvalue weighted by Gasteiger charge is -2.21. The van der Waals surface area contributed by atoms with Gasteiger partial charge in [0.2, 0.25) is 6.79 Å². The summed E-state index contributed by atoms with van der Waals surface area (Å²) in [4.78, 5) is 0. The lowest BCUT2D eigenvalue weighted by molar-refractivity contribution is 0.0183. The maximum atomic E-state index is 10.1. The van der Waals surface area contributed by atoms with Crippen molar-refractivity contribution in [1.29, 1.82) is 0 Å². The first-order valence-electron chi connectivity index (χ1n) is 9.18. The van der Waals surface area contributed by atoms with Crippen LogP contribution in [0.1, 0.15) is 23.3 Å². The highest BCUT2D eigenvalue weighted by Crippen LogP contribution is 2.51. The molecule has 0 aromatic heterocycles. The van der Waals surface area contributed by atoms with Crippen molar-refractivity contribution < 1.29 is 33.9 Å². The highest BCUT2D eigenvalue weighted by atomic mass is 16.7. The molecule has 7 heteroatoms. The third kappa shape index (κ3) is 3.15. The summed E-state index contributed by atoms with van der Waals surface area (Å²) in [7, 11) is 3.16. The second-order valence-electron chi connectivity index (χ2n) is 6.90. The summed E-state index contributed by atoms with van der Waals surface area (Å²) in [6.07, 6.45) is -0.771. The molecule has 2 heterocycles. The predicted octanol–water partition coefficient (Wildman–Crippen LogP) is 2.46. The van der Waals surface area contributed by atoms with E-state index < -0.39 is 6.10 Å². The highest BCUT2D eigenvalue weighted by Gasteiger charge is 2.45. The Labute approximate surface area is 163 Å². The fourth-order valence-electron chi connectivity index (χ4n) is 4.04. The van der Waals surface area contributed by atoms with E-state index in [-0.39, 0.29) is 37.9 Å². The van der Waals surface area contributed by atoms with Gasteiger partial charge in [-0.15, -0.1) is 0 Å². The summed E-state index contributed by atoms with van der Waals surface area (Å²) in [6.45, 7) is -0.0132. The number of methoxy groups -OCH3 is 2. The molecule has 0 aliphatic carbocycles. The molecule has 2 aliphatic rings. The minimum atomic E-state index is -0.391. The maximum absolute atomic E-state index is 10.1. The largest absolute Gasteiger partial charge is 0.493 e. The van der Waals surface area contributed by atoms with Gasteiger partial charge < -0.3 is 33.9 Å². The Bertz CT molecular complexity index is 837. The summed E-state index contributed by atoms with van der Waals surface area (Å²) in [5.41, 5.74) is 1.74. The van der Waals surface area contributed by atoms with Crippen molar-refractivity contribution in [2.45, 2.75) is 12.2 Å². The van der Waals surface area contributed by atoms with Gasteiger partial charge in [-0.2, -0.15) is 0 Å². The van der Waals surface area contributed by atoms with Gasteiger partial charge in [-0.1, -0.05) is 12.1 Å². The van der Waals surface area contributed by atoms with Crippen LogP contribution in [-0.4, -0.2) is 44.4 Å². The summed E-state index contributed by atoms with van der Waals surface area (Å²) in [5, 5.41) is 20.1. The van der Waals surface area contributed by atoms with Crippen molar-refractivity contribution in [2.75, 3.05) is 34.2 Å². The van der Waals surface area contributed by atoms with Gasteiger partial charge in [-0.05, 0) is 35.4 Å². The van der Waals surface area contributed by atoms with E-state index in [1.54, 1.807) is 14.2 Å². The van der Waals surface area contributed by atoms with E-state index >= 15 is 0 Å². The van der Waals surface area contributed by atoms with E-state index in [9.17, 15) is 10.2 Å². The Morgan fingerprint density at radius 3 is 2.07 bits per heavy atom. The van der Waals surface area contributed by atoms with E-state index in [1.165, 1.54) is 0 Å². The number of ether oxygens (including phenoxy) is 5. The Morgan fingerprint density at radius 2 is 1.43 bits per heavy atom. The zero-order valence-electron chi connectivity index (χ0n) is 15.8. The third-order valence-corrected chi connectivity index (χ3v) is 5.50. The quantitative estimate of drug-likeness (QED) is 0.786. The molecule has 28 heavy (non-hydrogen) atoms. The van der Waals surface area contributed by atoms with E-state index in [1.807, 2.05) is 36.4 Å². The summed E-state index contributed by atoms with van der Waals surface area (Å²) in [6, 6.07) is 11.2. The first-order chi connectivity index (χ1) is 13.7. The normalized spacial score (nSPS) is 25.7. The Balaban J connectivity index is 1.68. The van der Waals surface area contributed by atoms with Crippen molar-refractivity contribution in [2.24, 2.45) is 11.8 Å². The molecular formula is C21H24O7. The molecule has 4 rings (SSSR count). The monoisotopic (exact) mass is 388 g/mol. The van der Waals surface area contributed by atoms with Gasteiger partial charge in [0.05, 0.1) is 26.4 Å². The number of fused-ring (bicyclic) bond motifs is 1. The van der Waals surface area contributed by atoms with Crippen molar-refractivity contribution in [3.63, 3.8) is 0 Å². The number of benzene rings is 2. The van der Waals surface area contributed by atoms with Crippen LogP contribution in [0, 0.1) is 11.8 Å². The molecular weight excluding hydrogens is 364 g/mol. The van der Waals surface area contributed by atoms with Crippen molar-refractivity contribution in [3.05, 3.63) is 47.5 Å². The minimum Gasteiger partial charge on any atom is -0.493 e. The van der Waals surface area contributed by atoms with Crippen LogP contribution >= 0.6 is 0 Å². The predicted molar refractivity (Wildman–Crippen MR) is 99.8 cm³/mol. The van der Waals surface area contributed by atoms with Crippen LogP contribution in [0.15, 0.2) is 36.4 Å². The van der Waals surface area contributed by atoms with Crippen LogP contribution in [0.25, 0.3) is 0 Å². The van der Waals surface area contributed by atoms with Gasteiger partial charge in [0.25, 0.3) is 0 Å². The standard InChI is InChI=1S/C21H24O7/c1-24-16-5-3-12(7-18(16)25-2)20-14(9-22)15(10-23)21(28-20)13-4-6-17-19(8-13)27-11-26-17/h3-8,14-15,20-23H,9-11H2,1-2H3/t14-,15+,20+,21+/m0/s1. The second kappa shape index (κ2) is 7.87. The molecule has 2 aromatic carbocycles. The molecule has 2 aliphatic heterocycles. The van der Waals surface area contributed by atoms with Gasteiger partial charge in [0, 0.05) is 25.0 Å². The van der Waals surface area contributed by atoms with Crippen molar-refractivity contribution in [3.8, 4) is 23.0 Å². The Morgan fingerprint density at radius 1 is 0.821 bits per heavy atom. The van der Waals surface area contributed by atoms with Crippen LogP contribution in [0.4, 0.5) is 0 Å². The molecule has 0 saturated carbocycles. The van der Waals surface area contributed by atoms with Crippen LogP contribution in [0.3, 0.4) is 0 Å². The van der Waals surface area contributed by atoms with Crippen molar-refractivity contribution in [1.82, 2.24) is 0 Å². The first-order valence-corrected chi connectivity index (χ1v) is 9.18. The molecule has 0 unspecified atom stereocenters. The van der Waals surface area contributed by atoms with Crippen LogP contribution in [-0.2, 0) is 4.74 Å². The van der Waals surface area contributed by atoms with Crippen LogP contribution in [0.5, 0.6) is 23.0 Å². The second-order valence-corrected chi connectivity index (χ2v) is 6.90. The Kier molecular flexibility index (Phi) is 5.30. The SMILES string of the molecule is COc1ccc([C@H]2O[C@H](c3ccc4c(c3)OCO4)[C@H](CO)[C@@H]2CO)cc1OC. The fraction of sp³-hybridized carbons (Fsp3) is 0.429. The molecule has 0 spiro atoms. The zero-order valence-corrected chi connectivity index (χ0v) is 15.8. The average Bonchev–Trinajstić information content (AvgIpc) is 3.36. The third-order valence-electron chi connectivity index (χ3n) is 5.50. The van der Waals surface area contributed by atoms with E-state index in [2.05, 4.69) is 0 Å². The molecule has 1 saturated heterocycles. The van der Waals surface area contributed by atoms with E-state index in [0.29, 0.717) is 23.0 Å². The Hall–Kier alpha value is -2.48. The minimum absolute atomic E-state index is 0.103. The first kappa shape index (κ1) is 18.9. The fourth-order valence-corrected chi connectivity index (χ4v) is 4.04. The molecule has 0 radical (unpaired) electrons. The number of rotatable bonds is 6. The maximum Gasteiger partial charge on any atom is 0.231 e. The van der Waals surface area contributed by atoms with Gasteiger partial charge in [0.15, 0.2) is 23.0 Å². The molecule has 7 nitrogen and oxygen atoms in total. The van der Waals surface area contributed by atoms with Crippen LogP contribution in [0.2, 0.25) is 0 Å². The molecule has 1 fully saturated rings. The number of hydrogen-bond acceptors (Lipinski definition) is 7. The molecule has 150 valence electrons. The molecule has 0 amide bonds. The molecule has 0 bridgehead atoms. The lowest BCUT2D eigenvalue weighted by Crippen LogP contribution is -2.23. The molecule has 2 aromatic rings. The number of aliphatic hydroxyl groups excluding tert-OH is 2. The van der Waals surface area contributed by atoms with Gasteiger partial charge in [0.1, 0.15) is 0 Å². The molecule has 4 atom stereocenters.